The first-order chi connectivity index (χ1) is 5.77. The molecule has 2 aliphatic rings. The van der Waals surface area contributed by atoms with Crippen molar-refractivity contribution in [2.75, 3.05) is 13.1 Å². The average molecular weight is 167 g/mol. The molecule has 1 aliphatic heterocycles. The summed E-state index contributed by atoms with van der Waals surface area (Å²) >= 11 is 0. The van der Waals surface area contributed by atoms with E-state index in [-0.39, 0.29) is 0 Å². The molecule has 0 bridgehead atoms. The summed E-state index contributed by atoms with van der Waals surface area (Å²) in [5, 5.41) is 17.8. The van der Waals surface area contributed by atoms with E-state index in [1.54, 1.807) is 0 Å². The Morgan fingerprint density at radius 3 is 2.58 bits per heavy atom. The Balaban J connectivity index is 1.90. The van der Waals surface area contributed by atoms with E-state index < -0.39 is 7.12 Å². The summed E-state index contributed by atoms with van der Waals surface area (Å²) in [5.74, 6) is 0. The van der Waals surface area contributed by atoms with Crippen molar-refractivity contribution < 1.29 is 10.0 Å². The third-order valence-corrected chi connectivity index (χ3v) is 2.67. The maximum Gasteiger partial charge on any atom is 0.483 e. The monoisotopic (exact) mass is 167 g/mol. The van der Waals surface area contributed by atoms with Crippen molar-refractivity contribution >= 4 is 7.12 Å². The molecule has 0 unspecified atom stereocenters. The molecular formula is C8H14BNO2. The molecule has 0 amide bonds. The van der Waals surface area contributed by atoms with Crippen molar-refractivity contribution in [1.82, 2.24) is 4.90 Å². The number of rotatable bonds is 2. The molecule has 0 aromatic heterocycles. The van der Waals surface area contributed by atoms with Crippen LogP contribution in [0.2, 0.25) is 0 Å². The maximum atomic E-state index is 8.89. The zero-order valence-electron chi connectivity index (χ0n) is 7.11. The van der Waals surface area contributed by atoms with Gasteiger partial charge in [-0.25, -0.2) is 0 Å². The lowest BCUT2D eigenvalue weighted by Gasteiger charge is -2.25. The molecule has 3 nitrogen and oxygen atoms in total. The van der Waals surface area contributed by atoms with Gasteiger partial charge in [0.25, 0.3) is 0 Å². The summed E-state index contributed by atoms with van der Waals surface area (Å²) in [6.07, 6.45) is 5.41. The first kappa shape index (κ1) is 8.29. The first-order valence-corrected chi connectivity index (χ1v) is 4.56. The molecule has 0 spiro atoms. The van der Waals surface area contributed by atoms with Gasteiger partial charge in [-0.05, 0) is 24.7 Å². The molecule has 0 radical (unpaired) electrons. The van der Waals surface area contributed by atoms with Crippen LogP contribution in [0.15, 0.2) is 11.5 Å². The summed E-state index contributed by atoms with van der Waals surface area (Å²) in [4.78, 5) is 2.41. The van der Waals surface area contributed by atoms with Gasteiger partial charge in [0.15, 0.2) is 0 Å². The van der Waals surface area contributed by atoms with Gasteiger partial charge >= 0.3 is 7.12 Å². The number of hydrogen-bond donors (Lipinski definition) is 2. The summed E-state index contributed by atoms with van der Waals surface area (Å²) in [6, 6.07) is 0.790. The van der Waals surface area contributed by atoms with E-state index in [9.17, 15) is 0 Å². The zero-order chi connectivity index (χ0) is 8.55. The molecule has 2 rings (SSSR count). The molecule has 0 saturated heterocycles. The van der Waals surface area contributed by atoms with E-state index >= 15 is 0 Å². The van der Waals surface area contributed by atoms with Crippen LogP contribution in [0.25, 0.3) is 0 Å². The normalized spacial score (nSPS) is 25.3. The van der Waals surface area contributed by atoms with Crippen LogP contribution < -0.4 is 0 Å². The lowest BCUT2D eigenvalue weighted by molar-refractivity contribution is 0.282. The Labute approximate surface area is 72.8 Å². The molecule has 1 fully saturated rings. The highest BCUT2D eigenvalue weighted by Crippen LogP contribution is 2.28. The topological polar surface area (TPSA) is 43.7 Å². The molecule has 0 aromatic carbocycles. The number of hydrogen-bond acceptors (Lipinski definition) is 3. The molecule has 0 aromatic rings. The van der Waals surface area contributed by atoms with Crippen molar-refractivity contribution in [3.05, 3.63) is 11.5 Å². The predicted octanol–water partition coefficient (Wildman–Crippen LogP) is -0.207. The van der Waals surface area contributed by atoms with E-state index in [1.807, 2.05) is 6.08 Å². The lowest BCUT2D eigenvalue weighted by Crippen LogP contribution is -2.33. The van der Waals surface area contributed by atoms with Crippen LogP contribution in [-0.4, -0.2) is 41.2 Å². The van der Waals surface area contributed by atoms with Crippen LogP contribution in [0.1, 0.15) is 19.3 Å². The minimum absolute atomic E-state index is 0.784. The lowest BCUT2D eigenvalue weighted by atomic mass is 9.76. The third kappa shape index (κ3) is 1.71. The standard InChI is InChI=1S/C8H14BNO2/c11-9(12)7-3-5-10(6-4-7)8-1-2-8/h3,8,11-12H,1-2,4-6H2. The van der Waals surface area contributed by atoms with Crippen LogP contribution >= 0.6 is 0 Å². The van der Waals surface area contributed by atoms with E-state index in [0.29, 0.717) is 0 Å². The van der Waals surface area contributed by atoms with Gasteiger partial charge in [0.2, 0.25) is 0 Å². The molecule has 66 valence electrons. The second-order valence-corrected chi connectivity index (χ2v) is 3.63. The zero-order valence-corrected chi connectivity index (χ0v) is 7.11. The van der Waals surface area contributed by atoms with Gasteiger partial charge in [-0.15, -0.1) is 0 Å². The first-order valence-electron chi connectivity index (χ1n) is 4.56. The minimum atomic E-state index is -1.23. The Kier molecular flexibility index (Phi) is 2.21. The molecule has 0 atom stereocenters. The highest BCUT2D eigenvalue weighted by molar-refractivity contribution is 6.50. The van der Waals surface area contributed by atoms with Gasteiger partial charge < -0.3 is 10.0 Å². The van der Waals surface area contributed by atoms with Gasteiger partial charge in [-0.2, -0.15) is 0 Å². The van der Waals surface area contributed by atoms with Gasteiger partial charge in [0, 0.05) is 19.1 Å². The van der Waals surface area contributed by atoms with Gasteiger partial charge in [-0.3, -0.25) is 4.90 Å². The molecule has 12 heavy (non-hydrogen) atoms. The maximum absolute atomic E-state index is 8.89. The van der Waals surface area contributed by atoms with Gasteiger partial charge in [-0.1, -0.05) is 6.08 Å². The Morgan fingerprint density at radius 1 is 1.42 bits per heavy atom. The quantitative estimate of drug-likeness (QED) is 0.559. The molecule has 4 heteroatoms. The van der Waals surface area contributed by atoms with Crippen LogP contribution in [0.5, 0.6) is 0 Å². The molecular weight excluding hydrogens is 153 g/mol. The average Bonchev–Trinajstić information content (AvgIpc) is 2.87. The van der Waals surface area contributed by atoms with Crippen molar-refractivity contribution in [2.24, 2.45) is 0 Å². The Morgan fingerprint density at radius 2 is 2.17 bits per heavy atom. The molecule has 1 heterocycles. The SMILES string of the molecule is OB(O)C1=CCN(C2CC2)CC1. The number of nitrogens with zero attached hydrogens (tertiary/aromatic N) is 1. The summed E-state index contributed by atoms with van der Waals surface area (Å²) < 4.78 is 0. The minimum Gasteiger partial charge on any atom is -0.423 e. The van der Waals surface area contributed by atoms with E-state index in [2.05, 4.69) is 4.90 Å². The van der Waals surface area contributed by atoms with E-state index in [4.69, 9.17) is 10.0 Å². The van der Waals surface area contributed by atoms with Crippen molar-refractivity contribution in [1.29, 1.82) is 0 Å². The predicted molar refractivity (Wildman–Crippen MR) is 47.5 cm³/mol. The van der Waals surface area contributed by atoms with Crippen molar-refractivity contribution in [3.63, 3.8) is 0 Å². The second kappa shape index (κ2) is 3.20. The van der Waals surface area contributed by atoms with Crippen LogP contribution in [-0.2, 0) is 0 Å². The molecule has 1 aliphatic carbocycles. The van der Waals surface area contributed by atoms with E-state index in [1.165, 1.54) is 12.8 Å². The molecule has 1 saturated carbocycles. The van der Waals surface area contributed by atoms with Crippen molar-refractivity contribution in [3.8, 4) is 0 Å². The Bertz CT molecular complexity index is 201. The summed E-state index contributed by atoms with van der Waals surface area (Å²) in [6.45, 7) is 1.89. The smallest absolute Gasteiger partial charge is 0.423 e. The third-order valence-electron chi connectivity index (χ3n) is 2.67. The summed E-state index contributed by atoms with van der Waals surface area (Å²) in [7, 11) is -1.23. The van der Waals surface area contributed by atoms with Crippen LogP contribution in [0.4, 0.5) is 0 Å². The van der Waals surface area contributed by atoms with Gasteiger partial charge in [0.1, 0.15) is 0 Å². The second-order valence-electron chi connectivity index (χ2n) is 3.63. The van der Waals surface area contributed by atoms with Gasteiger partial charge in [0.05, 0.1) is 0 Å². The highest BCUT2D eigenvalue weighted by Gasteiger charge is 2.30. The fourth-order valence-electron chi connectivity index (χ4n) is 1.71. The molecule has 2 N–H and O–H groups in total. The largest absolute Gasteiger partial charge is 0.483 e. The Hall–Kier alpha value is -0.315. The van der Waals surface area contributed by atoms with Crippen LogP contribution in [0, 0.1) is 0 Å². The van der Waals surface area contributed by atoms with Crippen molar-refractivity contribution in [2.45, 2.75) is 25.3 Å². The fourth-order valence-corrected chi connectivity index (χ4v) is 1.71. The summed E-state index contributed by atoms with van der Waals surface area (Å²) in [5.41, 5.74) is 0.784. The van der Waals surface area contributed by atoms with Crippen LogP contribution in [0.3, 0.4) is 0 Å². The fraction of sp³-hybridized carbons (Fsp3) is 0.750. The highest BCUT2D eigenvalue weighted by atomic mass is 16.4. The van der Waals surface area contributed by atoms with E-state index in [0.717, 1.165) is 31.0 Å².